The lowest BCUT2D eigenvalue weighted by molar-refractivity contribution is -0.127. The number of hydrogen-bond donors (Lipinski definition) is 3. The predicted octanol–water partition coefficient (Wildman–Crippen LogP) is 6.23. The number of rotatable bonds is 10. The summed E-state index contributed by atoms with van der Waals surface area (Å²) in [5.41, 5.74) is 9.66. The number of methoxy groups -OCH3 is 1. The van der Waals surface area contributed by atoms with Crippen molar-refractivity contribution in [2.24, 2.45) is 11.7 Å². The normalized spacial score (nSPS) is 16.6. The van der Waals surface area contributed by atoms with Gasteiger partial charge in [-0.3, -0.25) is 19.3 Å². The number of carbonyl (C=O) groups excluding carboxylic acids is 4. The third-order valence-corrected chi connectivity index (χ3v) is 14.6. The third-order valence-electron chi connectivity index (χ3n) is 10.2. The van der Waals surface area contributed by atoms with Crippen molar-refractivity contribution in [3.8, 4) is 11.5 Å². The first kappa shape index (κ1) is 38.4. The summed E-state index contributed by atoms with van der Waals surface area (Å²) in [7, 11) is -0.802. The van der Waals surface area contributed by atoms with E-state index in [-0.39, 0.29) is 36.1 Å². The molecule has 0 aromatic heterocycles. The molecule has 0 radical (unpaired) electrons. The summed E-state index contributed by atoms with van der Waals surface area (Å²) < 4.78 is 18.3. The zero-order valence-electron chi connectivity index (χ0n) is 31.5. The zero-order valence-corrected chi connectivity index (χ0v) is 32.5. The molecule has 3 aromatic carbocycles. The Balaban J connectivity index is 1.37. The van der Waals surface area contributed by atoms with Gasteiger partial charge in [-0.2, -0.15) is 0 Å². The van der Waals surface area contributed by atoms with Gasteiger partial charge >= 0.3 is 6.09 Å². The third kappa shape index (κ3) is 7.95. The van der Waals surface area contributed by atoms with Crippen LogP contribution in [-0.2, 0) is 27.4 Å². The second kappa shape index (κ2) is 15.0. The van der Waals surface area contributed by atoms with E-state index in [1.165, 1.54) is 4.90 Å². The Hall–Kier alpha value is -4.88. The molecule has 278 valence electrons. The number of nitrogens with one attached hydrogen (secondary N) is 2. The topological polar surface area (TPSA) is 153 Å². The maximum absolute atomic E-state index is 14.3. The van der Waals surface area contributed by atoms with Crippen molar-refractivity contribution >= 4 is 49.2 Å². The van der Waals surface area contributed by atoms with Crippen LogP contribution in [0.25, 0.3) is 0 Å². The highest BCUT2D eigenvalue weighted by Crippen LogP contribution is 2.45. The highest BCUT2D eigenvalue weighted by atomic mass is 28.4. The van der Waals surface area contributed by atoms with Gasteiger partial charge in [0.05, 0.1) is 37.0 Å². The van der Waals surface area contributed by atoms with Crippen LogP contribution in [-0.4, -0.2) is 63.9 Å². The van der Waals surface area contributed by atoms with Crippen molar-refractivity contribution < 1.29 is 33.1 Å². The maximum atomic E-state index is 14.3. The van der Waals surface area contributed by atoms with Gasteiger partial charge in [0, 0.05) is 17.4 Å². The smallest absolute Gasteiger partial charge is 0.414 e. The highest BCUT2D eigenvalue weighted by Gasteiger charge is 2.44. The Morgan fingerprint density at radius 3 is 2.27 bits per heavy atom. The number of amides is 4. The summed E-state index contributed by atoms with van der Waals surface area (Å²) in [4.78, 5) is 56.7. The van der Waals surface area contributed by atoms with Crippen LogP contribution in [0.15, 0.2) is 60.7 Å². The van der Waals surface area contributed by atoms with Gasteiger partial charge in [0.1, 0.15) is 18.4 Å². The minimum atomic E-state index is -2.34. The van der Waals surface area contributed by atoms with Gasteiger partial charge in [0.15, 0.2) is 5.75 Å². The Kier molecular flexibility index (Phi) is 11.1. The number of nitrogens with zero attached hydrogens (tertiary/aromatic N) is 2. The predicted molar refractivity (Wildman–Crippen MR) is 205 cm³/mol. The Bertz CT molecular complexity index is 1840. The minimum absolute atomic E-state index is 0.0511. The van der Waals surface area contributed by atoms with Crippen LogP contribution >= 0.6 is 0 Å². The molecule has 0 unspecified atom stereocenters. The second-order valence-electron chi connectivity index (χ2n) is 15.4. The van der Waals surface area contributed by atoms with Crippen LogP contribution in [0.5, 0.6) is 11.5 Å². The number of carbonyl (C=O) groups is 4. The Labute approximate surface area is 307 Å². The summed E-state index contributed by atoms with van der Waals surface area (Å²) in [6.45, 7) is 16.1. The van der Waals surface area contributed by atoms with Gasteiger partial charge in [-0.05, 0) is 72.8 Å². The molecule has 2 aliphatic rings. The molecule has 5 rings (SSSR count). The van der Waals surface area contributed by atoms with Crippen LogP contribution in [0.2, 0.25) is 18.1 Å². The monoisotopic (exact) mass is 729 g/mol. The summed E-state index contributed by atoms with van der Waals surface area (Å²) in [6, 6.07) is 16.2. The molecule has 2 heterocycles. The minimum Gasteiger partial charge on any atom is -0.541 e. The summed E-state index contributed by atoms with van der Waals surface area (Å²) >= 11 is 0. The van der Waals surface area contributed by atoms with E-state index in [4.69, 9.17) is 19.6 Å². The van der Waals surface area contributed by atoms with Gasteiger partial charge in [-0.1, -0.05) is 65.0 Å². The SMILES string of the molecule is COc1cc2c(cc1O[Si](C)(C)C(C)(C)C)N(C(=O)OCc1ccc(NC(=O)[C@H](C)NC(=O)[C@@H](N)C(C)C)cc1)C[C@@H]1Cc3ccccc3N1C2=O. The first-order valence-electron chi connectivity index (χ1n) is 17.6. The summed E-state index contributed by atoms with van der Waals surface area (Å²) in [5, 5.41) is 5.31. The average molecular weight is 730 g/mol. The molecular weight excluding hydrogens is 679 g/mol. The molecule has 0 spiro atoms. The van der Waals surface area contributed by atoms with Crippen LogP contribution in [0.4, 0.5) is 21.9 Å². The molecule has 0 bridgehead atoms. The number of fused-ring (bicyclic) bond motifs is 4. The van der Waals surface area contributed by atoms with Gasteiger partial charge in [-0.25, -0.2) is 4.79 Å². The van der Waals surface area contributed by atoms with Crippen LogP contribution < -0.4 is 35.3 Å². The molecule has 0 saturated heterocycles. The van der Waals surface area contributed by atoms with Crippen molar-refractivity contribution in [3.63, 3.8) is 0 Å². The van der Waals surface area contributed by atoms with E-state index in [0.717, 1.165) is 11.3 Å². The van der Waals surface area contributed by atoms with E-state index < -0.39 is 38.3 Å². The van der Waals surface area contributed by atoms with Crippen LogP contribution in [0, 0.1) is 5.92 Å². The van der Waals surface area contributed by atoms with Gasteiger partial charge in [0.2, 0.25) is 11.8 Å². The Morgan fingerprint density at radius 1 is 0.962 bits per heavy atom. The fraction of sp³-hybridized carbons (Fsp3) is 0.436. The molecule has 13 heteroatoms. The summed E-state index contributed by atoms with van der Waals surface area (Å²) in [5.74, 6) is -0.198. The number of anilines is 3. The molecule has 4 N–H and O–H groups in total. The quantitative estimate of drug-likeness (QED) is 0.208. The molecule has 3 atom stereocenters. The number of ether oxygens (including phenoxy) is 2. The molecular formula is C39H51N5O7Si. The first-order chi connectivity index (χ1) is 24.4. The second-order valence-corrected chi connectivity index (χ2v) is 20.1. The number of para-hydroxylation sites is 1. The van der Waals surface area contributed by atoms with Crippen molar-refractivity contribution in [2.75, 3.05) is 28.8 Å². The average Bonchev–Trinajstić information content (AvgIpc) is 3.41. The molecule has 0 fully saturated rings. The largest absolute Gasteiger partial charge is 0.541 e. The molecule has 2 aliphatic heterocycles. The molecule has 0 saturated carbocycles. The molecule has 3 aromatic rings. The van der Waals surface area contributed by atoms with Crippen molar-refractivity contribution in [1.82, 2.24) is 5.32 Å². The lowest BCUT2D eigenvalue weighted by Crippen LogP contribution is -2.50. The van der Waals surface area contributed by atoms with Gasteiger partial charge < -0.3 is 35.2 Å². The maximum Gasteiger partial charge on any atom is 0.414 e. The van der Waals surface area contributed by atoms with E-state index in [1.54, 1.807) is 55.3 Å². The van der Waals surface area contributed by atoms with E-state index in [2.05, 4.69) is 44.5 Å². The number of benzene rings is 3. The van der Waals surface area contributed by atoms with E-state index >= 15 is 0 Å². The standard InChI is InChI=1S/C39H51N5O7Si/c1-23(2)34(40)36(46)41-24(3)35(45)42-27-16-14-25(15-17-27)22-50-38(48)43-21-28-18-26-12-10-11-13-30(26)44(28)37(47)29-19-32(49-7)33(20-31(29)43)51-52(8,9)39(4,5)6/h10-17,19-20,23-24,28,34H,18,21-22,40H2,1-9H3,(H,41,46)(H,42,45)/t24-,28-,34-/m0/s1. The Morgan fingerprint density at radius 2 is 1.63 bits per heavy atom. The van der Waals surface area contributed by atoms with Gasteiger partial charge in [0.25, 0.3) is 14.2 Å². The number of nitrogens with two attached hydrogens (primary N) is 1. The molecule has 0 aliphatic carbocycles. The molecule has 52 heavy (non-hydrogen) atoms. The zero-order chi connectivity index (χ0) is 38.1. The van der Waals surface area contributed by atoms with Gasteiger partial charge in [-0.15, -0.1) is 0 Å². The van der Waals surface area contributed by atoms with E-state index in [0.29, 0.717) is 40.4 Å². The fourth-order valence-electron chi connectivity index (χ4n) is 5.94. The van der Waals surface area contributed by atoms with E-state index in [9.17, 15) is 19.2 Å². The lowest BCUT2D eigenvalue weighted by Gasteiger charge is -2.37. The van der Waals surface area contributed by atoms with Crippen LogP contribution in [0.1, 0.15) is 63.0 Å². The molecule has 12 nitrogen and oxygen atoms in total. The number of hydrogen-bond acceptors (Lipinski definition) is 8. The molecule has 4 amide bonds. The van der Waals surface area contributed by atoms with E-state index in [1.807, 2.05) is 38.1 Å². The lowest BCUT2D eigenvalue weighted by atomic mass is 10.0. The fourth-order valence-corrected chi connectivity index (χ4v) is 6.96. The van der Waals surface area contributed by atoms with Crippen molar-refractivity contribution in [2.45, 2.75) is 90.8 Å². The van der Waals surface area contributed by atoms with Crippen molar-refractivity contribution in [1.29, 1.82) is 0 Å². The highest BCUT2D eigenvalue weighted by molar-refractivity contribution is 6.74. The van der Waals surface area contributed by atoms with Crippen LogP contribution in [0.3, 0.4) is 0 Å². The first-order valence-corrected chi connectivity index (χ1v) is 20.5. The summed E-state index contributed by atoms with van der Waals surface area (Å²) in [6.07, 6.45) is -0.0266. The van der Waals surface area contributed by atoms with Crippen molar-refractivity contribution in [3.05, 3.63) is 77.4 Å².